The fraction of sp³-hybridized carbons (Fsp3) is 0.889. The Morgan fingerprint density at radius 2 is 1.19 bits per heavy atom. The number of carbonyl (C=O) groups excluding carboxylic acids is 3. The van der Waals surface area contributed by atoms with Crippen LogP contribution in [0.3, 0.4) is 0 Å². The number of ether oxygens (including phenoxy) is 11. The molecule has 0 aromatic rings. The van der Waals surface area contributed by atoms with Crippen molar-refractivity contribution in [1.82, 2.24) is 0 Å². The molecule has 4 rings (SSSR count). The summed E-state index contributed by atoms with van der Waals surface area (Å²) in [7, 11) is 1.21. The molecule has 0 aromatic carbocycles. The number of rotatable bonds is 11. The third-order valence-corrected chi connectivity index (χ3v) is 7.83. The number of hydrogen-bond acceptors (Lipinski definition) is 20. The number of aliphatic hydroxyl groups is 6. The fourth-order valence-electron chi connectivity index (χ4n) is 5.51. The van der Waals surface area contributed by atoms with Crippen LogP contribution in [0.1, 0.15) is 27.7 Å². The van der Waals surface area contributed by atoms with Crippen LogP contribution in [0.2, 0.25) is 0 Å². The van der Waals surface area contributed by atoms with Gasteiger partial charge in [0.05, 0.1) is 13.2 Å². The maximum atomic E-state index is 12.0. The number of esters is 3. The molecule has 4 fully saturated rings. The molecular weight excluding hydrogens is 644 g/mol. The van der Waals surface area contributed by atoms with Gasteiger partial charge in [0, 0.05) is 34.8 Å². The fourth-order valence-corrected chi connectivity index (χ4v) is 5.51. The van der Waals surface area contributed by atoms with Crippen molar-refractivity contribution in [1.29, 1.82) is 0 Å². The van der Waals surface area contributed by atoms with Crippen molar-refractivity contribution in [3.05, 3.63) is 0 Å². The first-order valence-corrected chi connectivity index (χ1v) is 14.7. The van der Waals surface area contributed by atoms with Crippen LogP contribution in [0.25, 0.3) is 0 Å². The molecule has 0 saturated carbocycles. The predicted octanol–water partition coefficient (Wildman–Crippen LogP) is -4.48. The number of hydrogen-bond donors (Lipinski definition) is 6. The molecule has 0 amide bonds. The standard InChI is InChI=1S/C27H42O20/c1-9(28)38-7-14-21(41-10(2)29)22(42-11(3)30)23-26(45-14)47-27(4,46-23)40-8-13-16(32)18(34)20(36)25(44-13)39-6-12-15(31)17(33)19(35)24(37-5)43-12/h12-26,31-36H,6-8H2,1-5H3/t12-,13-,14-,15-,16-,17+,18+,19-,20-,21-,22+,23-,24+,25-,26-,27+/m1/s1. The van der Waals surface area contributed by atoms with E-state index in [2.05, 4.69) is 0 Å². The van der Waals surface area contributed by atoms with Crippen LogP contribution in [0, 0.1) is 0 Å². The molecule has 4 aliphatic rings. The van der Waals surface area contributed by atoms with Crippen LogP contribution in [0.5, 0.6) is 0 Å². The van der Waals surface area contributed by atoms with Gasteiger partial charge in [0.25, 0.3) is 5.97 Å². The average molecular weight is 687 g/mol. The largest absolute Gasteiger partial charge is 0.463 e. The first-order valence-electron chi connectivity index (χ1n) is 14.7. The van der Waals surface area contributed by atoms with E-state index < -0.39 is 136 Å². The zero-order valence-corrected chi connectivity index (χ0v) is 26.2. The Hall–Kier alpha value is -2.15. The first kappa shape index (κ1) is 37.7. The molecule has 0 aromatic heterocycles. The van der Waals surface area contributed by atoms with Gasteiger partial charge in [0.2, 0.25) is 0 Å². The Morgan fingerprint density at radius 3 is 1.77 bits per heavy atom. The van der Waals surface area contributed by atoms with Gasteiger partial charge >= 0.3 is 17.9 Å². The van der Waals surface area contributed by atoms with Gasteiger partial charge in [0.15, 0.2) is 37.2 Å². The van der Waals surface area contributed by atoms with Gasteiger partial charge in [-0.2, -0.15) is 0 Å². The number of carbonyl (C=O) groups is 3. The average Bonchev–Trinajstić information content (AvgIpc) is 3.34. The van der Waals surface area contributed by atoms with Gasteiger partial charge in [-0.3, -0.25) is 19.1 Å². The molecule has 4 aliphatic heterocycles. The Kier molecular flexibility index (Phi) is 12.5. The summed E-state index contributed by atoms with van der Waals surface area (Å²) in [4.78, 5) is 35.3. The molecule has 270 valence electrons. The highest BCUT2D eigenvalue weighted by Crippen LogP contribution is 2.40. The molecule has 16 atom stereocenters. The van der Waals surface area contributed by atoms with Crippen molar-refractivity contribution < 1.29 is 97.1 Å². The van der Waals surface area contributed by atoms with Crippen LogP contribution in [0.15, 0.2) is 0 Å². The van der Waals surface area contributed by atoms with E-state index in [1.165, 1.54) is 14.0 Å². The SMILES string of the molecule is CO[C@H]1O[C@H](CO[C@@H]2O[C@H](CO[C@]3(C)O[C@H]4O[C@H](COC(C)=O)[C@@H](OC(C)=O)[C@H](OC(C)=O)[C@H]4O3)[C@@H](O)[C@H](O)[C@H]2O)[C@@H](O)[C@H](O)[C@H]1O. The smallest absolute Gasteiger partial charge is 0.303 e. The van der Waals surface area contributed by atoms with E-state index in [1.807, 2.05) is 0 Å². The molecule has 0 spiro atoms. The van der Waals surface area contributed by atoms with Crippen LogP contribution in [-0.4, -0.2) is 174 Å². The normalized spacial score (nSPS) is 45.1. The predicted molar refractivity (Wildman–Crippen MR) is 143 cm³/mol. The van der Waals surface area contributed by atoms with Crippen LogP contribution in [0.4, 0.5) is 0 Å². The Balaban J connectivity index is 1.42. The van der Waals surface area contributed by atoms with Crippen molar-refractivity contribution in [3.63, 3.8) is 0 Å². The van der Waals surface area contributed by atoms with E-state index in [1.54, 1.807) is 0 Å². The topological polar surface area (TPSA) is 274 Å². The monoisotopic (exact) mass is 686 g/mol. The van der Waals surface area contributed by atoms with Gasteiger partial charge < -0.3 is 78.0 Å². The highest BCUT2D eigenvalue weighted by Gasteiger charge is 2.60. The second-order valence-corrected chi connectivity index (χ2v) is 11.5. The van der Waals surface area contributed by atoms with Crippen LogP contribution >= 0.6 is 0 Å². The minimum atomic E-state index is -1.97. The summed E-state index contributed by atoms with van der Waals surface area (Å²) in [6.07, 6.45) is -21.9. The second kappa shape index (κ2) is 15.6. The van der Waals surface area contributed by atoms with Crippen molar-refractivity contribution >= 4 is 17.9 Å². The number of methoxy groups -OCH3 is 1. The van der Waals surface area contributed by atoms with Crippen molar-refractivity contribution in [2.24, 2.45) is 0 Å². The molecule has 0 aliphatic carbocycles. The van der Waals surface area contributed by atoms with E-state index in [0.717, 1.165) is 20.8 Å². The summed E-state index contributed by atoms with van der Waals surface area (Å²) in [6.45, 7) is 3.24. The molecule has 0 bridgehead atoms. The number of fused-ring (bicyclic) bond motifs is 1. The summed E-state index contributed by atoms with van der Waals surface area (Å²) < 4.78 is 60.6. The Bertz CT molecular complexity index is 1090. The van der Waals surface area contributed by atoms with Crippen LogP contribution in [-0.2, 0) is 66.5 Å². The number of aliphatic hydroxyl groups excluding tert-OH is 6. The van der Waals surface area contributed by atoms with Gasteiger partial charge in [-0.1, -0.05) is 0 Å². The molecular formula is C27H42O20. The Labute approximate surface area is 268 Å². The lowest BCUT2D eigenvalue weighted by molar-refractivity contribution is -0.368. The second-order valence-electron chi connectivity index (χ2n) is 11.5. The van der Waals surface area contributed by atoms with E-state index in [0.29, 0.717) is 0 Å². The highest BCUT2D eigenvalue weighted by molar-refractivity contribution is 5.68. The summed E-state index contributed by atoms with van der Waals surface area (Å²) in [5.74, 6) is -4.14. The van der Waals surface area contributed by atoms with Crippen molar-refractivity contribution in [3.8, 4) is 0 Å². The minimum Gasteiger partial charge on any atom is -0.463 e. The molecule has 0 unspecified atom stereocenters. The quantitative estimate of drug-likeness (QED) is 0.0883. The summed E-state index contributed by atoms with van der Waals surface area (Å²) in [5, 5.41) is 61.9. The molecule has 4 saturated heterocycles. The molecule has 20 nitrogen and oxygen atoms in total. The third-order valence-electron chi connectivity index (χ3n) is 7.83. The van der Waals surface area contributed by atoms with Crippen LogP contribution < -0.4 is 0 Å². The molecule has 47 heavy (non-hydrogen) atoms. The van der Waals surface area contributed by atoms with Crippen molar-refractivity contribution in [2.75, 3.05) is 26.9 Å². The maximum Gasteiger partial charge on any atom is 0.303 e. The lowest BCUT2D eigenvalue weighted by Gasteiger charge is -2.43. The maximum absolute atomic E-state index is 12.0. The zero-order chi connectivity index (χ0) is 34.8. The molecule has 4 heterocycles. The molecule has 0 radical (unpaired) electrons. The Morgan fingerprint density at radius 1 is 0.638 bits per heavy atom. The zero-order valence-electron chi connectivity index (χ0n) is 26.2. The summed E-state index contributed by atoms with van der Waals surface area (Å²) in [5.41, 5.74) is 0. The molecule has 6 N–H and O–H groups in total. The first-order chi connectivity index (χ1) is 22.0. The highest BCUT2D eigenvalue weighted by atomic mass is 16.9. The lowest BCUT2D eigenvalue weighted by atomic mass is 9.98. The summed E-state index contributed by atoms with van der Waals surface area (Å²) in [6, 6.07) is 0. The van der Waals surface area contributed by atoms with Crippen molar-refractivity contribution in [2.45, 2.75) is 126 Å². The summed E-state index contributed by atoms with van der Waals surface area (Å²) >= 11 is 0. The van der Waals surface area contributed by atoms with Gasteiger partial charge in [-0.05, 0) is 0 Å². The van der Waals surface area contributed by atoms with Gasteiger partial charge in [-0.15, -0.1) is 0 Å². The third kappa shape index (κ3) is 8.72. The lowest BCUT2D eigenvalue weighted by Crippen LogP contribution is -2.62. The van der Waals surface area contributed by atoms with E-state index in [-0.39, 0.29) is 0 Å². The minimum absolute atomic E-state index is 0.395. The molecule has 20 heteroatoms. The van der Waals surface area contributed by atoms with Gasteiger partial charge in [-0.25, -0.2) is 0 Å². The van der Waals surface area contributed by atoms with E-state index in [9.17, 15) is 45.0 Å². The van der Waals surface area contributed by atoms with E-state index in [4.69, 9.17) is 52.1 Å². The van der Waals surface area contributed by atoms with Gasteiger partial charge in [0.1, 0.15) is 61.5 Å². The van der Waals surface area contributed by atoms with E-state index >= 15 is 0 Å².